The van der Waals surface area contributed by atoms with Crippen molar-refractivity contribution in [1.82, 2.24) is 0 Å². The fourth-order valence-corrected chi connectivity index (χ4v) is 5.78. The van der Waals surface area contributed by atoms with Crippen LogP contribution in [-0.2, 0) is 14.6 Å². The highest BCUT2D eigenvalue weighted by molar-refractivity contribution is 7.92. The number of rotatable bonds is 3. The standard InChI is InChI=1S/C22H24O3S/c1-22-18(15-17-9-4-2-5-10-17)16-20(13-8-14-21(22)25-22)26(23,24)19-11-6-3-7-12-19/h2-7,9-12,15,20-21H,8,13-14,16H2,1H3/b18-15+/t20-,21-,22+/m0/s1. The van der Waals surface area contributed by atoms with E-state index in [9.17, 15) is 8.42 Å². The van der Waals surface area contributed by atoms with Crippen LogP contribution in [0.3, 0.4) is 0 Å². The van der Waals surface area contributed by atoms with Crippen LogP contribution in [0.15, 0.2) is 71.1 Å². The summed E-state index contributed by atoms with van der Waals surface area (Å²) in [4.78, 5) is 0.419. The predicted molar refractivity (Wildman–Crippen MR) is 104 cm³/mol. The monoisotopic (exact) mass is 368 g/mol. The van der Waals surface area contributed by atoms with Gasteiger partial charge in [0.1, 0.15) is 5.60 Å². The Balaban J connectivity index is 1.70. The SMILES string of the molecule is C[C@]12O[C@H]1CCC[C@H](S(=O)(=O)c1ccccc1)C/C2=C\c1ccccc1. The summed E-state index contributed by atoms with van der Waals surface area (Å²) in [6.07, 6.45) is 5.36. The van der Waals surface area contributed by atoms with Crippen molar-refractivity contribution in [3.63, 3.8) is 0 Å². The van der Waals surface area contributed by atoms with Gasteiger partial charge >= 0.3 is 0 Å². The first kappa shape index (κ1) is 17.5. The number of epoxide rings is 1. The van der Waals surface area contributed by atoms with E-state index in [-0.39, 0.29) is 11.7 Å². The van der Waals surface area contributed by atoms with E-state index < -0.39 is 15.1 Å². The zero-order valence-electron chi connectivity index (χ0n) is 15.0. The number of fused-ring (bicyclic) bond motifs is 1. The highest BCUT2D eigenvalue weighted by Gasteiger charge is 2.55. The van der Waals surface area contributed by atoms with E-state index in [2.05, 4.69) is 13.0 Å². The summed E-state index contributed by atoms with van der Waals surface area (Å²) in [5, 5.41) is -0.401. The Labute approximate surface area is 155 Å². The van der Waals surface area contributed by atoms with Gasteiger partial charge in [-0.2, -0.15) is 0 Å². The van der Waals surface area contributed by atoms with Crippen molar-refractivity contribution in [2.45, 2.75) is 54.5 Å². The van der Waals surface area contributed by atoms with E-state index in [0.29, 0.717) is 17.7 Å². The minimum Gasteiger partial charge on any atom is -0.362 e. The second kappa shape index (κ2) is 6.67. The normalized spacial score (nSPS) is 30.3. The lowest BCUT2D eigenvalue weighted by Gasteiger charge is -2.24. The first-order valence-electron chi connectivity index (χ1n) is 9.23. The van der Waals surface area contributed by atoms with Crippen LogP contribution in [0.1, 0.15) is 38.2 Å². The molecule has 3 nitrogen and oxygen atoms in total. The van der Waals surface area contributed by atoms with Crippen LogP contribution in [0.2, 0.25) is 0 Å². The first-order chi connectivity index (χ1) is 12.5. The highest BCUT2D eigenvalue weighted by atomic mass is 32.2. The molecule has 1 aliphatic heterocycles. The van der Waals surface area contributed by atoms with Crippen LogP contribution in [0.4, 0.5) is 0 Å². The van der Waals surface area contributed by atoms with Gasteiger partial charge in [0.05, 0.1) is 16.2 Å². The molecule has 1 saturated heterocycles. The zero-order valence-corrected chi connectivity index (χ0v) is 15.8. The largest absolute Gasteiger partial charge is 0.362 e. The summed E-state index contributed by atoms with van der Waals surface area (Å²) >= 11 is 0. The summed E-state index contributed by atoms with van der Waals surface area (Å²) in [6.45, 7) is 2.10. The van der Waals surface area contributed by atoms with Crippen LogP contribution in [0.25, 0.3) is 6.08 Å². The molecule has 3 atom stereocenters. The summed E-state index contributed by atoms with van der Waals surface area (Å²) in [5.41, 5.74) is 1.87. The highest BCUT2D eigenvalue weighted by Crippen LogP contribution is 2.50. The molecule has 26 heavy (non-hydrogen) atoms. The molecule has 1 heterocycles. The molecule has 136 valence electrons. The van der Waals surface area contributed by atoms with Crippen LogP contribution < -0.4 is 0 Å². The molecule has 0 spiro atoms. The van der Waals surface area contributed by atoms with Gasteiger partial charge in [0.25, 0.3) is 0 Å². The van der Waals surface area contributed by atoms with Gasteiger partial charge in [-0.25, -0.2) is 8.42 Å². The lowest BCUT2D eigenvalue weighted by Crippen LogP contribution is -2.28. The van der Waals surface area contributed by atoms with Crippen molar-refractivity contribution in [3.8, 4) is 0 Å². The van der Waals surface area contributed by atoms with Crippen molar-refractivity contribution >= 4 is 15.9 Å². The summed E-state index contributed by atoms with van der Waals surface area (Å²) < 4.78 is 32.4. The topological polar surface area (TPSA) is 46.7 Å². The maximum Gasteiger partial charge on any atom is 0.181 e. The minimum absolute atomic E-state index is 0.220. The van der Waals surface area contributed by atoms with Gasteiger partial charge in [-0.05, 0) is 55.9 Å². The van der Waals surface area contributed by atoms with Gasteiger partial charge in [-0.15, -0.1) is 0 Å². The molecule has 0 amide bonds. The fraction of sp³-hybridized carbons (Fsp3) is 0.364. The molecule has 0 N–H and O–H groups in total. The summed E-state index contributed by atoms with van der Waals surface area (Å²) in [6, 6.07) is 18.9. The molecule has 0 unspecified atom stereocenters. The molecule has 2 fully saturated rings. The van der Waals surface area contributed by atoms with Crippen molar-refractivity contribution in [3.05, 3.63) is 71.8 Å². The molecule has 1 aliphatic carbocycles. The van der Waals surface area contributed by atoms with Crippen molar-refractivity contribution in [2.75, 3.05) is 0 Å². The molecule has 2 aliphatic rings. The zero-order chi connectivity index (χ0) is 18.2. The predicted octanol–water partition coefficient (Wildman–Crippen LogP) is 4.64. The smallest absolute Gasteiger partial charge is 0.181 e. The molecule has 0 aromatic heterocycles. The summed E-state index contributed by atoms with van der Waals surface area (Å²) in [5.74, 6) is 0. The van der Waals surface area contributed by atoms with E-state index in [1.807, 2.05) is 36.4 Å². The molecule has 4 heteroatoms. The Hall–Kier alpha value is -1.91. The molecule has 1 saturated carbocycles. The quantitative estimate of drug-likeness (QED) is 0.741. The molecule has 2 aromatic rings. The molecular formula is C22H24O3S. The Bertz CT molecular complexity index is 903. The van der Waals surface area contributed by atoms with Crippen molar-refractivity contribution in [2.24, 2.45) is 0 Å². The Morgan fingerprint density at radius 2 is 1.65 bits per heavy atom. The van der Waals surface area contributed by atoms with E-state index in [1.165, 1.54) is 0 Å². The van der Waals surface area contributed by atoms with Gasteiger partial charge in [0.2, 0.25) is 0 Å². The van der Waals surface area contributed by atoms with E-state index in [0.717, 1.165) is 24.0 Å². The van der Waals surface area contributed by atoms with E-state index >= 15 is 0 Å². The van der Waals surface area contributed by atoms with Crippen molar-refractivity contribution in [1.29, 1.82) is 0 Å². The first-order valence-corrected chi connectivity index (χ1v) is 10.8. The minimum atomic E-state index is -3.35. The second-order valence-electron chi connectivity index (χ2n) is 7.41. The molecule has 4 rings (SSSR count). The number of ether oxygens (including phenoxy) is 1. The van der Waals surface area contributed by atoms with Crippen LogP contribution in [0, 0.1) is 0 Å². The van der Waals surface area contributed by atoms with E-state index in [4.69, 9.17) is 4.74 Å². The fourth-order valence-electron chi connectivity index (χ4n) is 3.98. The third-order valence-corrected chi connectivity index (χ3v) is 7.88. The van der Waals surface area contributed by atoms with Gasteiger partial charge in [0, 0.05) is 0 Å². The van der Waals surface area contributed by atoms with Crippen molar-refractivity contribution < 1.29 is 13.2 Å². The molecule has 0 bridgehead atoms. The maximum absolute atomic E-state index is 13.2. The lowest BCUT2D eigenvalue weighted by atomic mass is 9.86. The van der Waals surface area contributed by atoms with Crippen LogP contribution in [-0.4, -0.2) is 25.4 Å². The lowest BCUT2D eigenvalue weighted by molar-refractivity contribution is 0.329. The number of sulfone groups is 1. The van der Waals surface area contributed by atoms with Gasteiger partial charge < -0.3 is 4.74 Å². The van der Waals surface area contributed by atoms with Gasteiger partial charge in [0.15, 0.2) is 9.84 Å². The Morgan fingerprint density at radius 1 is 1.00 bits per heavy atom. The van der Waals surface area contributed by atoms with Crippen LogP contribution >= 0.6 is 0 Å². The average Bonchev–Trinajstić information content (AvgIpc) is 3.30. The van der Waals surface area contributed by atoms with Gasteiger partial charge in [-0.1, -0.05) is 54.6 Å². The summed E-state index contributed by atoms with van der Waals surface area (Å²) in [7, 11) is -3.35. The third kappa shape index (κ3) is 3.24. The average molecular weight is 368 g/mol. The number of hydrogen-bond donors (Lipinski definition) is 0. The third-order valence-electron chi connectivity index (χ3n) is 5.67. The Kier molecular flexibility index (Phi) is 4.49. The van der Waals surface area contributed by atoms with Crippen LogP contribution in [0.5, 0.6) is 0 Å². The van der Waals surface area contributed by atoms with E-state index in [1.54, 1.807) is 24.3 Å². The Morgan fingerprint density at radius 3 is 2.35 bits per heavy atom. The second-order valence-corrected chi connectivity index (χ2v) is 9.64. The number of hydrogen-bond acceptors (Lipinski definition) is 3. The van der Waals surface area contributed by atoms with Gasteiger partial charge in [-0.3, -0.25) is 0 Å². The maximum atomic E-state index is 13.2. The molecule has 2 aromatic carbocycles. The number of benzene rings is 2. The molecular weight excluding hydrogens is 344 g/mol. The molecule has 0 radical (unpaired) electrons.